The van der Waals surface area contributed by atoms with Gasteiger partial charge in [-0.15, -0.1) is 0 Å². The lowest BCUT2D eigenvalue weighted by Gasteiger charge is -2.13. The van der Waals surface area contributed by atoms with Crippen LogP contribution < -0.4 is 10.9 Å². The Morgan fingerprint density at radius 1 is 1.03 bits per heavy atom. The van der Waals surface area contributed by atoms with Gasteiger partial charge in [0, 0.05) is 36.0 Å². The number of carbonyl (C=O) groups excluding carboxylic acids is 1. The van der Waals surface area contributed by atoms with E-state index in [0.29, 0.717) is 11.3 Å². The Kier molecular flexibility index (Phi) is 5.52. The van der Waals surface area contributed by atoms with Gasteiger partial charge in [0.1, 0.15) is 5.56 Å². The second-order valence-electron chi connectivity index (χ2n) is 6.77. The third kappa shape index (κ3) is 3.91. The summed E-state index contributed by atoms with van der Waals surface area (Å²) in [5.41, 5.74) is 2.98. The van der Waals surface area contributed by atoms with E-state index in [9.17, 15) is 9.59 Å². The molecule has 0 saturated heterocycles. The van der Waals surface area contributed by atoms with Gasteiger partial charge in [0.2, 0.25) is 0 Å². The molecule has 150 valence electrons. The van der Waals surface area contributed by atoms with Gasteiger partial charge in [-0.25, -0.2) is 5.10 Å². The molecule has 4 aromatic rings. The number of carbonyl (C=O) groups is 1. The zero-order chi connectivity index (χ0) is 20.9. The maximum Gasteiger partial charge on any atom is 0.277 e. The van der Waals surface area contributed by atoms with Crippen molar-refractivity contribution < 1.29 is 4.79 Å². The van der Waals surface area contributed by atoms with Crippen LogP contribution in [0.25, 0.3) is 22.4 Å². The van der Waals surface area contributed by atoms with Crippen LogP contribution in [0.4, 0.5) is 0 Å². The van der Waals surface area contributed by atoms with Gasteiger partial charge in [0.15, 0.2) is 0 Å². The molecular weight excluding hydrogens is 378 g/mol. The molecule has 0 aliphatic heterocycles. The molecule has 0 fully saturated rings. The van der Waals surface area contributed by atoms with Gasteiger partial charge in [-0.3, -0.25) is 14.3 Å². The van der Waals surface area contributed by atoms with Crippen LogP contribution in [0, 0.1) is 0 Å². The third-order valence-electron chi connectivity index (χ3n) is 4.78. The summed E-state index contributed by atoms with van der Waals surface area (Å²) < 4.78 is 1.78. The van der Waals surface area contributed by atoms with Crippen LogP contribution in [0.2, 0.25) is 0 Å². The molecule has 0 aliphatic carbocycles. The Balaban J connectivity index is 1.78. The van der Waals surface area contributed by atoms with Crippen molar-refractivity contribution in [1.29, 1.82) is 0 Å². The Hall–Kier alpha value is -4.00. The molecule has 7 nitrogen and oxygen atoms in total. The van der Waals surface area contributed by atoms with E-state index in [1.54, 1.807) is 10.9 Å². The van der Waals surface area contributed by atoms with Gasteiger partial charge in [0.05, 0.1) is 11.9 Å². The maximum atomic E-state index is 13.1. The molecule has 2 aromatic carbocycles. The number of nitrogens with zero attached hydrogens (tertiary/aromatic N) is 3. The van der Waals surface area contributed by atoms with Crippen molar-refractivity contribution in [2.75, 3.05) is 0 Å². The summed E-state index contributed by atoms with van der Waals surface area (Å²) in [6.07, 6.45) is 3.57. The molecule has 0 saturated carbocycles. The van der Waals surface area contributed by atoms with E-state index in [-0.39, 0.29) is 12.1 Å². The molecule has 7 heteroatoms. The number of aryl methyl sites for hydroxylation is 1. The largest absolute Gasteiger partial charge is 0.348 e. The van der Waals surface area contributed by atoms with Crippen molar-refractivity contribution >= 4 is 5.91 Å². The van der Waals surface area contributed by atoms with Gasteiger partial charge in [-0.05, 0) is 12.5 Å². The number of hydrogen-bond donors (Lipinski definition) is 2. The average molecular weight is 399 g/mol. The Bertz CT molecular complexity index is 1210. The highest BCUT2D eigenvalue weighted by atomic mass is 16.2. The molecule has 2 aromatic heterocycles. The predicted octanol–water partition coefficient (Wildman–Crippen LogP) is 3.25. The lowest BCUT2D eigenvalue weighted by atomic mass is 9.95. The Labute approximate surface area is 173 Å². The van der Waals surface area contributed by atoms with E-state index in [4.69, 9.17) is 0 Å². The number of hydrogen-bond acceptors (Lipinski definition) is 4. The standard InChI is InChI=1S/C23H21N5O2/c1-2-28-15-16(14-25-28)13-24-22(29)20-19(17-9-5-3-6-10-17)21(26-27-23(20)30)18-11-7-4-8-12-18/h3-12,14-15H,2,13H2,1H3,(H,24,29)(H,27,30). The first-order valence-electron chi connectivity index (χ1n) is 9.70. The van der Waals surface area contributed by atoms with Crippen LogP contribution in [0.5, 0.6) is 0 Å². The number of amides is 1. The Morgan fingerprint density at radius 2 is 1.70 bits per heavy atom. The second kappa shape index (κ2) is 8.57. The van der Waals surface area contributed by atoms with Gasteiger partial charge >= 0.3 is 0 Å². The van der Waals surface area contributed by atoms with Crippen LogP contribution in [-0.4, -0.2) is 25.9 Å². The van der Waals surface area contributed by atoms with E-state index in [2.05, 4.69) is 20.6 Å². The summed E-state index contributed by atoms with van der Waals surface area (Å²) in [5, 5.41) is 13.8. The number of rotatable bonds is 6. The topological polar surface area (TPSA) is 92.7 Å². The first-order chi connectivity index (χ1) is 14.7. The molecule has 0 unspecified atom stereocenters. The summed E-state index contributed by atoms with van der Waals surface area (Å²) in [4.78, 5) is 25.8. The smallest absolute Gasteiger partial charge is 0.277 e. The normalized spacial score (nSPS) is 10.7. The quantitative estimate of drug-likeness (QED) is 0.521. The van der Waals surface area contributed by atoms with Crippen LogP contribution in [0.15, 0.2) is 77.9 Å². The number of H-pyrrole nitrogens is 1. The Morgan fingerprint density at radius 3 is 2.33 bits per heavy atom. The summed E-state index contributed by atoms with van der Waals surface area (Å²) >= 11 is 0. The molecule has 2 heterocycles. The zero-order valence-corrected chi connectivity index (χ0v) is 16.5. The van der Waals surface area contributed by atoms with E-state index in [1.807, 2.05) is 73.8 Å². The minimum absolute atomic E-state index is 0.0398. The average Bonchev–Trinajstić information content (AvgIpc) is 3.26. The molecule has 0 spiro atoms. The fourth-order valence-electron chi connectivity index (χ4n) is 3.30. The van der Waals surface area contributed by atoms with Crippen molar-refractivity contribution in [1.82, 2.24) is 25.3 Å². The number of benzene rings is 2. The van der Waals surface area contributed by atoms with Crippen molar-refractivity contribution in [3.63, 3.8) is 0 Å². The zero-order valence-electron chi connectivity index (χ0n) is 16.5. The van der Waals surface area contributed by atoms with E-state index in [0.717, 1.165) is 23.2 Å². The molecule has 4 rings (SSSR count). The summed E-state index contributed by atoms with van der Waals surface area (Å²) in [6, 6.07) is 18.8. The van der Waals surface area contributed by atoms with E-state index >= 15 is 0 Å². The summed E-state index contributed by atoms with van der Waals surface area (Å²) in [5.74, 6) is -0.459. The molecule has 1 amide bonds. The molecular formula is C23H21N5O2. The van der Waals surface area contributed by atoms with Gasteiger partial charge < -0.3 is 5.32 Å². The predicted molar refractivity (Wildman–Crippen MR) is 115 cm³/mol. The van der Waals surface area contributed by atoms with Crippen LogP contribution >= 0.6 is 0 Å². The first-order valence-corrected chi connectivity index (χ1v) is 9.70. The SMILES string of the molecule is CCn1cc(CNC(=O)c2c(-c3ccccc3)c(-c3ccccc3)n[nH]c2=O)cn1. The lowest BCUT2D eigenvalue weighted by Crippen LogP contribution is -2.31. The van der Waals surface area contributed by atoms with E-state index < -0.39 is 11.5 Å². The van der Waals surface area contributed by atoms with Gasteiger partial charge in [0.25, 0.3) is 11.5 Å². The fraction of sp³-hybridized carbons (Fsp3) is 0.130. The number of nitrogens with one attached hydrogen (secondary N) is 2. The van der Waals surface area contributed by atoms with Crippen LogP contribution in [0.3, 0.4) is 0 Å². The monoisotopic (exact) mass is 399 g/mol. The van der Waals surface area contributed by atoms with Crippen LogP contribution in [0.1, 0.15) is 22.8 Å². The number of aromatic amines is 1. The molecule has 2 N–H and O–H groups in total. The summed E-state index contributed by atoms with van der Waals surface area (Å²) in [6.45, 7) is 3.01. The minimum Gasteiger partial charge on any atom is -0.348 e. The fourth-order valence-corrected chi connectivity index (χ4v) is 3.30. The lowest BCUT2D eigenvalue weighted by molar-refractivity contribution is 0.0950. The van der Waals surface area contributed by atoms with Crippen LogP contribution in [-0.2, 0) is 13.1 Å². The molecule has 0 atom stereocenters. The van der Waals surface area contributed by atoms with Crippen molar-refractivity contribution in [2.45, 2.75) is 20.0 Å². The van der Waals surface area contributed by atoms with Crippen molar-refractivity contribution in [3.05, 3.63) is 94.5 Å². The highest BCUT2D eigenvalue weighted by molar-refractivity contribution is 6.03. The highest BCUT2D eigenvalue weighted by Crippen LogP contribution is 2.31. The second-order valence-corrected chi connectivity index (χ2v) is 6.77. The van der Waals surface area contributed by atoms with Gasteiger partial charge in [-0.2, -0.15) is 10.2 Å². The highest BCUT2D eigenvalue weighted by Gasteiger charge is 2.22. The number of aromatic nitrogens is 4. The molecule has 30 heavy (non-hydrogen) atoms. The third-order valence-corrected chi connectivity index (χ3v) is 4.78. The van der Waals surface area contributed by atoms with Crippen molar-refractivity contribution in [3.8, 4) is 22.4 Å². The van der Waals surface area contributed by atoms with Crippen molar-refractivity contribution in [2.24, 2.45) is 0 Å². The summed E-state index contributed by atoms with van der Waals surface area (Å²) in [7, 11) is 0. The molecule has 0 bridgehead atoms. The molecule has 0 radical (unpaired) electrons. The minimum atomic E-state index is -0.532. The first kappa shape index (κ1) is 19.3. The molecule has 0 aliphatic rings. The maximum absolute atomic E-state index is 13.1. The van der Waals surface area contributed by atoms with E-state index in [1.165, 1.54) is 0 Å². The van der Waals surface area contributed by atoms with Gasteiger partial charge in [-0.1, -0.05) is 60.7 Å².